The van der Waals surface area contributed by atoms with Gasteiger partial charge in [0.15, 0.2) is 5.41 Å². The number of rotatable bonds is 0. The molecule has 2 unspecified atom stereocenters. The van der Waals surface area contributed by atoms with Gasteiger partial charge in [-0.15, -0.1) is 18.5 Å². The molecular weight excluding hydrogens is 266 g/mol. The summed E-state index contributed by atoms with van der Waals surface area (Å²) in [5, 5.41) is 16.7. The molecule has 0 fully saturated rings. The second kappa shape index (κ2) is 8.89. The maximum atomic E-state index is 8.87. The van der Waals surface area contributed by atoms with Crippen molar-refractivity contribution in [2.75, 3.05) is 0 Å². The van der Waals surface area contributed by atoms with Gasteiger partial charge in [-0.3, -0.25) is 0 Å². The summed E-state index contributed by atoms with van der Waals surface area (Å²) >= 11 is 0. The zero-order valence-corrected chi connectivity index (χ0v) is 13.4. The average molecular weight is 278 g/mol. The fourth-order valence-corrected chi connectivity index (χ4v) is 0.710. The van der Waals surface area contributed by atoms with Crippen molar-refractivity contribution in [3.8, 4) is 59.2 Å². The van der Waals surface area contributed by atoms with Gasteiger partial charge in [-0.05, 0) is 53.3 Å². The Morgan fingerprint density at radius 2 is 1.35 bits per heavy atom. The van der Waals surface area contributed by atoms with E-state index in [4.69, 9.17) is 11.6 Å². The summed E-state index contributed by atoms with van der Waals surface area (Å²) in [4.78, 5) is 0. The average Bonchev–Trinajstić information content (AvgIpc) is 2.17. The van der Waals surface area contributed by atoms with Crippen LogP contribution in [0.3, 0.4) is 0 Å². The molecule has 0 rings (SSSR count). The van der Waals surface area contributed by atoms with Crippen LogP contribution in [0, 0.1) is 59.2 Å². The van der Waals surface area contributed by atoms with Crippen LogP contribution in [0.2, 0.25) is 0 Å². The maximum absolute atomic E-state index is 8.87. The highest BCUT2D eigenvalue weighted by atomic mass is 31.1. The van der Waals surface area contributed by atoms with E-state index < -0.39 is 10.8 Å². The van der Waals surface area contributed by atoms with Gasteiger partial charge in [0, 0.05) is 5.38 Å². The Hall–Kier alpha value is -1.20. The summed E-state index contributed by atoms with van der Waals surface area (Å²) in [5.41, 5.74) is -1.91. The smallest absolute Gasteiger partial charge is 0.197 e. The van der Waals surface area contributed by atoms with Crippen molar-refractivity contribution in [3.05, 3.63) is 0 Å². The van der Waals surface area contributed by atoms with Crippen molar-refractivity contribution in [2.45, 2.75) is 10.8 Å². The Morgan fingerprint density at radius 3 is 1.76 bits per heavy atom. The summed E-state index contributed by atoms with van der Waals surface area (Å²) in [6, 6.07) is 0. The molecule has 2 N–H and O–H groups in total. The van der Waals surface area contributed by atoms with Crippen molar-refractivity contribution in [1.29, 1.82) is 0 Å². The summed E-state index contributed by atoms with van der Waals surface area (Å²) in [6.07, 6.45) is 0. The van der Waals surface area contributed by atoms with E-state index in [0.29, 0.717) is 0 Å². The van der Waals surface area contributed by atoms with E-state index in [0.717, 1.165) is 0 Å². The zero-order chi connectivity index (χ0) is 14.1. The predicted octanol–water partition coefficient (Wildman–Crippen LogP) is -1.92. The van der Waals surface area contributed by atoms with E-state index >= 15 is 0 Å². The van der Waals surface area contributed by atoms with Crippen LogP contribution in [-0.4, -0.2) is 31.2 Å². The Balaban J connectivity index is 4.39. The van der Waals surface area contributed by atoms with Crippen LogP contribution in [0.5, 0.6) is 0 Å². The van der Waals surface area contributed by atoms with Crippen LogP contribution in [0.4, 0.5) is 0 Å². The van der Waals surface area contributed by atoms with Gasteiger partial charge in [0.1, 0.15) is 0 Å². The molecule has 5 heteroatoms. The number of hydrogen-bond acceptors (Lipinski definition) is 2. The molecule has 0 bridgehead atoms. The molecular formula is C12H10O2P2Si. The minimum atomic E-state index is -1.91. The summed E-state index contributed by atoms with van der Waals surface area (Å²) in [7, 11) is 4.58. The highest BCUT2D eigenvalue weighted by molar-refractivity contribution is 7.38. The van der Waals surface area contributed by atoms with Crippen LogP contribution in [-0.2, 0) is 0 Å². The van der Waals surface area contributed by atoms with Gasteiger partial charge in [0.25, 0.3) is 0 Å². The molecule has 0 radical (unpaired) electrons. The summed E-state index contributed by atoms with van der Waals surface area (Å²) < 4.78 is 7.35. The van der Waals surface area contributed by atoms with E-state index in [1.165, 1.54) is 0 Å². The molecule has 84 valence electrons. The molecule has 0 aliphatic rings. The molecule has 0 amide bonds. The van der Waals surface area contributed by atoms with E-state index in [2.05, 4.69) is 77.7 Å². The Kier molecular flexibility index (Phi) is 7.25. The Morgan fingerprint density at radius 1 is 0.941 bits per heavy atom. The first-order valence-electron chi connectivity index (χ1n) is 4.77. The normalized spacial score (nSPS) is 9.29. The largest absolute Gasteiger partial charge is 0.360 e. The minimum absolute atomic E-state index is 0.122. The van der Waals surface area contributed by atoms with Crippen LogP contribution in [0.15, 0.2) is 0 Å². The van der Waals surface area contributed by atoms with Gasteiger partial charge in [0.2, 0.25) is 0 Å². The minimum Gasteiger partial charge on any atom is -0.360 e. The molecule has 0 aromatic rings. The van der Waals surface area contributed by atoms with E-state index in [1.807, 2.05) is 0 Å². The molecule has 0 aliphatic carbocycles. The lowest BCUT2D eigenvalue weighted by molar-refractivity contribution is -0.0329. The molecule has 17 heavy (non-hydrogen) atoms. The third kappa shape index (κ3) is 14.8. The molecule has 0 spiro atoms. The maximum Gasteiger partial charge on any atom is 0.197 e. The van der Waals surface area contributed by atoms with Gasteiger partial charge in [-0.2, -0.15) is 0 Å². The SMILES string of the molecule is [3H]C(P)(P)C#CC#CC#CC#CC#CC(O)(O)[SiH3]. The van der Waals surface area contributed by atoms with Gasteiger partial charge >= 0.3 is 0 Å². The second-order valence-electron chi connectivity index (χ2n) is 2.73. The fourth-order valence-electron chi connectivity index (χ4n) is 0.441. The zero-order valence-electron chi connectivity index (χ0n) is 10.0. The lowest BCUT2D eigenvalue weighted by atomic mass is 10.5. The molecule has 0 aliphatic heterocycles. The molecule has 0 heterocycles. The third-order valence-electron chi connectivity index (χ3n) is 0.944. The van der Waals surface area contributed by atoms with Gasteiger partial charge in [0.05, 0.1) is 11.6 Å². The Bertz CT molecular complexity index is 549. The second-order valence-corrected chi connectivity index (χ2v) is 6.03. The third-order valence-corrected chi connectivity index (χ3v) is 1.48. The number of aliphatic hydroxyl groups is 2. The topological polar surface area (TPSA) is 40.5 Å². The highest BCUT2D eigenvalue weighted by Gasteiger charge is 2.07. The monoisotopic (exact) mass is 278 g/mol. The number of hydrogen-bond donors (Lipinski definition) is 2. The molecule has 2 nitrogen and oxygen atoms in total. The lowest BCUT2D eigenvalue weighted by Crippen LogP contribution is -2.25. The van der Waals surface area contributed by atoms with E-state index in [-0.39, 0.29) is 10.2 Å². The standard InChI is InChI=1S/C12H10O2P2Si/c13-12(14,17)10-8-6-4-2-1-3-5-7-9-11(15)16/h11,13-14H,15-16H2,17H3/i11T. The first-order valence-corrected chi connectivity index (χ1v) is 6.43. The molecule has 0 aromatic heterocycles. The lowest BCUT2D eigenvalue weighted by Gasteiger charge is -2.03. The van der Waals surface area contributed by atoms with Gasteiger partial charge in [-0.25, -0.2) is 0 Å². The molecule has 2 atom stereocenters. The summed E-state index contributed by atoms with van der Waals surface area (Å²) in [6.45, 7) is 0. The first-order chi connectivity index (χ1) is 8.21. The molecule has 0 saturated carbocycles. The van der Waals surface area contributed by atoms with Crippen molar-refractivity contribution in [3.63, 3.8) is 0 Å². The first kappa shape index (κ1) is 13.9. The van der Waals surface area contributed by atoms with Gasteiger partial charge in [-0.1, -0.05) is 5.92 Å². The predicted molar refractivity (Wildman–Crippen MR) is 79.2 cm³/mol. The fraction of sp³-hybridized carbons (Fsp3) is 0.167. The molecule has 0 aromatic carbocycles. The highest BCUT2D eigenvalue weighted by Crippen LogP contribution is 2.04. The van der Waals surface area contributed by atoms with E-state index in [1.54, 1.807) is 0 Å². The van der Waals surface area contributed by atoms with Crippen LogP contribution in [0.1, 0.15) is 1.37 Å². The van der Waals surface area contributed by atoms with Crippen molar-refractivity contribution in [2.24, 2.45) is 0 Å². The van der Waals surface area contributed by atoms with Crippen molar-refractivity contribution >= 4 is 28.7 Å². The Labute approximate surface area is 111 Å². The van der Waals surface area contributed by atoms with Crippen LogP contribution >= 0.6 is 18.5 Å². The summed E-state index contributed by atoms with van der Waals surface area (Å²) in [5.74, 6) is 23.8. The quantitative estimate of drug-likeness (QED) is 0.235. The van der Waals surface area contributed by atoms with Crippen LogP contribution in [0.25, 0.3) is 0 Å². The van der Waals surface area contributed by atoms with E-state index in [9.17, 15) is 0 Å². The van der Waals surface area contributed by atoms with Crippen molar-refractivity contribution < 1.29 is 11.6 Å². The van der Waals surface area contributed by atoms with Gasteiger partial charge < -0.3 is 10.2 Å². The molecule has 0 saturated heterocycles. The van der Waals surface area contributed by atoms with Crippen molar-refractivity contribution in [1.82, 2.24) is 0 Å². The van der Waals surface area contributed by atoms with Crippen LogP contribution < -0.4 is 0 Å².